The number of benzene rings is 2. The summed E-state index contributed by atoms with van der Waals surface area (Å²) >= 11 is 0. The van der Waals surface area contributed by atoms with Crippen LogP contribution in [-0.4, -0.2) is 48.3 Å². The van der Waals surface area contributed by atoms with Crippen molar-refractivity contribution in [2.45, 2.75) is 26.9 Å². The minimum atomic E-state index is 0.0706. The van der Waals surface area contributed by atoms with E-state index in [0.29, 0.717) is 26.2 Å². The van der Waals surface area contributed by atoms with Crippen LogP contribution >= 0.6 is 0 Å². The molecule has 0 aliphatic carbocycles. The predicted octanol–water partition coefficient (Wildman–Crippen LogP) is 2.29. The van der Waals surface area contributed by atoms with Crippen molar-refractivity contribution in [3.8, 4) is 5.69 Å². The minimum Gasteiger partial charge on any atom is -0.360 e. The topological polar surface area (TPSA) is 86.6 Å². The molecule has 0 spiro atoms. The molecule has 2 aromatic carbocycles. The summed E-state index contributed by atoms with van der Waals surface area (Å²) < 4.78 is 1.98. The van der Waals surface area contributed by atoms with Crippen LogP contribution in [0.25, 0.3) is 5.69 Å². The number of aliphatic imine (C=N–C) groups is 1. The van der Waals surface area contributed by atoms with Gasteiger partial charge in [-0.1, -0.05) is 30.3 Å². The van der Waals surface area contributed by atoms with Gasteiger partial charge in [-0.05, 0) is 49.2 Å². The average Bonchev–Trinajstić information content (AvgIpc) is 3.17. The number of carbonyl (C=O) groups excluding carboxylic acids is 1. The number of hydrogen-bond acceptors (Lipinski definition) is 4. The molecule has 1 fully saturated rings. The van der Waals surface area contributed by atoms with Crippen LogP contribution < -0.4 is 20.9 Å². The average molecular weight is 446 g/mol. The number of aromatic nitrogens is 2. The van der Waals surface area contributed by atoms with Gasteiger partial charge in [-0.3, -0.25) is 9.79 Å². The second-order valence-corrected chi connectivity index (χ2v) is 8.18. The van der Waals surface area contributed by atoms with E-state index in [4.69, 9.17) is 0 Å². The fourth-order valence-corrected chi connectivity index (χ4v) is 4.01. The lowest BCUT2D eigenvalue weighted by atomic mass is 10.1. The number of anilines is 1. The first-order chi connectivity index (χ1) is 16.0. The fourth-order valence-electron chi connectivity index (χ4n) is 4.01. The highest BCUT2D eigenvalue weighted by Crippen LogP contribution is 2.17. The fraction of sp³-hybridized carbons (Fsp3) is 0.320. The van der Waals surface area contributed by atoms with E-state index in [1.165, 1.54) is 0 Å². The van der Waals surface area contributed by atoms with Crippen molar-refractivity contribution >= 4 is 17.6 Å². The van der Waals surface area contributed by atoms with Crippen LogP contribution in [0.15, 0.2) is 59.6 Å². The van der Waals surface area contributed by atoms with Crippen molar-refractivity contribution < 1.29 is 4.79 Å². The number of para-hydroxylation sites is 1. The maximum absolute atomic E-state index is 11.6. The summed E-state index contributed by atoms with van der Waals surface area (Å²) in [6, 6.07) is 18.6. The number of carbonyl (C=O) groups is 1. The minimum absolute atomic E-state index is 0.0706. The number of rotatable bonds is 6. The van der Waals surface area contributed by atoms with Crippen molar-refractivity contribution in [3.63, 3.8) is 0 Å². The highest BCUT2D eigenvalue weighted by atomic mass is 16.2. The van der Waals surface area contributed by atoms with Crippen molar-refractivity contribution in [3.05, 3.63) is 77.1 Å². The summed E-state index contributed by atoms with van der Waals surface area (Å²) in [5.41, 5.74) is 6.52. The van der Waals surface area contributed by atoms with Crippen LogP contribution in [-0.2, 0) is 17.9 Å². The molecule has 2 heterocycles. The number of nitrogens with zero attached hydrogens (tertiary/aromatic N) is 4. The molecule has 1 aliphatic rings. The molecule has 8 heteroatoms. The van der Waals surface area contributed by atoms with Gasteiger partial charge in [0.05, 0.1) is 17.9 Å². The Morgan fingerprint density at radius 1 is 1.09 bits per heavy atom. The summed E-state index contributed by atoms with van der Waals surface area (Å²) in [6.07, 6.45) is 0. The smallest absolute Gasteiger partial charge is 0.239 e. The third kappa shape index (κ3) is 5.52. The molecular formula is C25H31N7O. The number of hydrogen-bond donors (Lipinski definition) is 3. The Labute approximate surface area is 194 Å². The molecule has 4 rings (SSSR count). The van der Waals surface area contributed by atoms with Crippen molar-refractivity contribution in [2.24, 2.45) is 4.99 Å². The molecule has 1 aromatic heterocycles. The first kappa shape index (κ1) is 22.4. The Morgan fingerprint density at radius 3 is 2.55 bits per heavy atom. The summed E-state index contributed by atoms with van der Waals surface area (Å²) in [5, 5.41) is 14.3. The molecule has 3 N–H and O–H groups in total. The zero-order valence-electron chi connectivity index (χ0n) is 19.4. The van der Waals surface area contributed by atoms with Crippen LogP contribution in [0.2, 0.25) is 0 Å². The zero-order chi connectivity index (χ0) is 23.2. The second-order valence-electron chi connectivity index (χ2n) is 8.18. The molecule has 1 amide bonds. The normalized spacial score (nSPS) is 14.2. The van der Waals surface area contributed by atoms with Crippen molar-refractivity contribution in [1.29, 1.82) is 0 Å². The summed E-state index contributed by atoms with van der Waals surface area (Å²) in [5.74, 6) is 0.802. The van der Waals surface area contributed by atoms with Gasteiger partial charge in [0.1, 0.15) is 0 Å². The molecule has 0 bridgehead atoms. The zero-order valence-corrected chi connectivity index (χ0v) is 19.4. The molecular weight excluding hydrogens is 414 g/mol. The molecule has 3 aromatic rings. The molecule has 33 heavy (non-hydrogen) atoms. The number of nitrogens with one attached hydrogen (secondary N) is 3. The maximum Gasteiger partial charge on any atom is 0.239 e. The van der Waals surface area contributed by atoms with E-state index < -0.39 is 0 Å². The Hall–Kier alpha value is -3.81. The molecule has 1 aliphatic heterocycles. The van der Waals surface area contributed by atoms with E-state index in [1.54, 1.807) is 7.05 Å². The van der Waals surface area contributed by atoms with E-state index in [9.17, 15) is 4.79 Å². The highest BCUT2D eigenvalue weighted by molar-refractivity contribution is 5.82. The van der Waals surface area contributed by atoms with Crippen LogP contribution in [0.3, 0.4) is 0 Å². The van der Waals surface area contributed by atoms with Gasteiger partial charge in [-0.25, -0.2) is 4.68 Å². The summed E-state index contributed by atoms with van der Waals surface area (Å²) in [4.78, 5) is 18.1. The van der Waals surface area contributed by atoms with Crippen LogP contribution in [0.4, 0.5) is 5.69 Å². The maximum atomic E-state index is 11.6. The van der Waals surface area contributed by atoms with Gasteiger partial charge in [0.25, 0.3) is 0 Å². The van der Waals surface area contributed by atoms with Gasteiger partial charge in [-0.2, -0.15) is 5.10 Å². The lowest BCUT2D eigenvalue weighted by Crippen LogP contribution is -2.47. The standard InChI is InChI=1S/C25H31N7O/c1-18-14-19(2)32(30-18)23-7-5-4-6-21(23)16-29-25(26-3)28-15-20-8-10-22(11-9-20)31-13-12-27-24(33)17-31/h4-11,14H,12-13,15-17H2,1-3H3,(H,27,33)(H2,26,28,29). The van der Waals surface area contributed by atoms with Crippen LogP contribution in [0.1, 0.15) is 22.5 Å². The highest BCUT2D eigenvalue weighted by Gasteiger charge is 2.16. The Balaban J connectivity index is 1.35. The van der Waals surface area contributed by atoms with Crippen LogP contribution in [0, 0.1) is 13.8 Å². The lowest BCUT2D eigenvalue weighted by Gasteiger charge is -2.28. The lowest BCUT2D eigenvalue weighted by molar-refractivity contribution is -0.120. The van der Waals surface area contributed by atoms with E-state index in [2.05, 4.69) is 80.3 Å². The molecule has 0 radical (unpaired) electrons. The number of piperazine rings is 1. The monoisotopic (exact) mass is 445 g/mol. The predicted molar refractivity (Wildman–Crippen MR) is 132 cm³/mol. The quantitative estimate of drug-likeness (QED) is 0.400. The number of aryl methyl sites for hydroxylation is 2. The Kier molecular flexibility index (Phi) is 6.92. The molecule has 0 saturated carbocycles. The number of amides is 1. The molecule has 172 valence electrons. The first-order valence-electron chi connectivity index (χ1n) is 11.2. The van der Waals surface area contributed by atoms with E-state index in [-0.39, 0.29) is 5.91 Å². The third-order valence-electron chi connectivity index (χ3n) is 5.70. The first-order valence-corrected chi connectivity index (χ1v) is 11.2. The van der Waals surface area contributed by atoms with Gasteiger partial charge in [0.2, 0.25) is 5.91 Å². The van der Waals surface area contributed by atoms with E-state index >= 15 is 0 Å². The Bertz CT molecular complexity index is 1130. The molecule has 1 saturated heterocycles. The summed E-state index contributed by atoms with van der Waals surface area (Å²) in [6.45, 7) is 7.28. The molecule has 0 unspecified atom stereocenters. The van der Waals surface area contributed by atoms with E-state index in [1.807, 2.05) is 23.7 Å². The SMILES string of the molecule is CN=C(NCc1ccc(N2CCNC(=O)C2)cc1)NCc1ccccc1-n1nc(C)cc1C. The molecule has 8 nitrogen and oxygen atoms in total. The van der Waals surface area contributed by atoms with Gasteiger partial charge >= 0.3 is 0 Å². The molecule has 0 atom stereocenters. The van der Waals surface area contributed by atoms with E-state index in [0.717, 1.165) is 46.4 Å². The third-order valence-corrected chi connectivity index (χ3v) is 5.70. The van der Waals surface area contributed by atoms with Gasteiger partial charge < -0.3 is 20.9 Å². The Morgan fingerprint density at radius 2 is 1.85 bits per heavy atom. The van der Waals surface area contributed by atoms with Gasteiger partial charge in [0, 0.05) is 44.6 Å². The largest absolute Gasteiger partial charge is 0.360 e. The van der Waals surface area contributed by atoms with Gasteiger partial charge in [-0.15, -0.1) is 0 Å². The number of guanidine groups is 1. The van der Waals surface area contributed by atoms with Crippen molar-refractivity contribution in [2.75, 3.05) is 31.6 Å². The van der Waals surface area contributed by atoms with Gasteiger partial charge in [0.15, 0.2) is 5.96 Å². The summed E-state index contributed by atoms with van der Waals surface area (Å²) in [7, 11) is 1.77. The second kappa shape index (κ2) is 10.2. The van der Waals surface area contributed by atoms with Crippen molar-refractivity contribution in [1.82, 2.24) is 25.7 Å². The van der Waals surface area contributed by atoms with Crippen LogP contribution in [0.5, 0.6) is 0 Å².